The van der Waals surface area contributed by atoms with Gasteiger partial charge in [-0.15, -0.1) is 0 Å². The molecule has 1 aliphatic heterocycles. The topological polar surface area (TPSA) is 63.0 Å². The molecule has 0 saturated heterocycles. The number of carbonyl (C=O) groups is 1. The number of benzene rings is 1. The highest BCUT2D eigenvalue weighted by molar-refractivity contribution is 5.65. The van der Waals surface area contributed by atoms with Crippen molar-refractivity contribution in [1.29, 1.82) is 0 Å². The molecule has 1 N–H and O–H groups in total. The normalized spacial score (nSPS) is 14.5. The summed E-state index contributed by atoms with van der Waals surface area (Å²) in [6, 6.07) is 5.71. The summed E-state index contributed by atoms with van der Waals surface area (Å²) in [6.45, 7) is 3.78. The van der Waals surface area contributed by atoms with Gasteiger partial charge in [0.1, 0.15) is 13.1 Å². The van der Waals surface area contributed by atoms with E-state index in [0.29, 0.717) is 6.54 Å². The fraction of sp³-hybridized carbons (Fsp3) is 0.462. The summed E-state index contributed by atoms with van der Waals surface area (Å²) in [5.41, 5.74) is 1.05. The number of aliphatic carboxylic acids is 1. The number of ether oxygens (including phenoxy) is 2. The van der Waals surface area contributed by atoms with Crippen molar-refractivity contribution in [2.45, 2.75) is 19.9 Å². The lowest BCUT2D eigenvalue weighted by atomic mass is 10.2. The SMILES string of the molecule is CCC[NH+](CC(=O)[O-])Cc1ccc2c(c1)OCO2. The summed E-state index contributed by atoms with van der Waals surface area (Å²) < 4.78 is 10.5. The van der Waals surface area contributed by atoms with E-state index in [9.17, 15) is 9.90 Å². The fourth-order valence-electron chi connectivity index (χ4n) is 2.14. The Morgan fingerprint density at radius 3 is 2.89 bits per heavy atom. The quantitative estimate of drug-likeness (QED) is 0.701. The molecule has 1 heterocycles. The first-order valence-corrected chi connectivity index (χ1v) is 6.11. The number of carboxylic acid groups (broad SMARTS) is 1. The lowest BCUT2D eigenvalue weighted by Gasteiger charge is -2.19. The Bertz CT molecular complexity index is 433. The van der Waals surface area contributed by atoms with Crippen LogP contribution in [0.4, 0.5) is 0 Å². The van der Waals surface area contributed by atoms with E-state index in [1.165, 1.54) is 0 Å². The van der Waals surface area contributed by atoms with Crippen LogP contribution < -0.4 is 19.5 Å². The Hall–Kier alpha value is -1.75. The van der Waals surface area contributed by atoms with Crippen molar-refractivity contribution in [2.24, 2.45) is 0 Å². The van der Waals surface area contributed by atoms with Gasteiger partial charge in [0.2, 0.25) is 6.79 Å². The maximum absolute atomic E-state index is 10.7. The van der Waals surface area contributed by atoms with Gasteiger partial charge < -0.3 is 24.3 Å². The molecule has 0 radical (unpaired) electrons. The van der Waals surface area contributed by atoms with Gasteiger partial charge in [-0.2, -0.15) is 0 Å². The number of carbonyl (C=O) groups excluding carboxylic acids is 1. The molecule has 1 unspecified atom stereocenters. The Morgan fingerprint density at radius 1 is 1.39 bits per heavy atom. The van der Waals surface area contributed by atoms with Crippen molar-refractivity contribution in [2.75, 3.05) is 19.9 Å². The van der Waals surface area contributed by atoms with Crippen molar-refractivity contribution >= 4 is 5.97 Å². The van der Waals surface area contributed by atoms with E-state index < -0.39 is 5.97 Å². The zero-order valence-electron chi connectivity index (χ0n) is 10.4. The largest absolute Gasteiger partial charge is 0.544 e. The summed E-state index contributed by atoms with van der Waals surface area (Å²) in [5.74, 6) is 0.465. The minimum atomic E-state index is -1.01. The number of hydrogen-bond acceptors (Lipinski definition) is 4. The number of fused-ring (bicyclic) bond motifs is 1. The molecule has 5 nitrogen and oxygen atoms in total. The van der Waals surface area contributed by atoms with Crippen LogP contribution in [0.2, 0.25) is 0 Å². The minimum absolute atomic E-state index is 0.0300. The smallest absolute Gasteiger partial charge is 0.231 e. The third-order valence-corrected chi connectivity index (χ3v) is 2.89. The minimum Gasteiger partial charge on any atom is -0.544 e. The molecule has 1 aromatic carbocycles. The van der Waals surface area contributed by atoms with E-state index in [4.69, 9.17) is 9.47 Å². The summed E-state index contributed by atoms with van der Waals surface area (Å²) in [4.78, 5) is 11.7. The molecule has 5 heteroatoms. The average molecular weight is 251 g/mol. The van der Waals surface area contributed by atoms with Crippen LogP contribution in [0.5, 0.6) is 11.5 Å². The molecule has 0 aromatic heterocycles. The van der Waals surface area contributed by atoms with Crippen molar-refractivity contribution in [1.82, 2.24) is 0 Å². The number of quaternary nitrogens is 1. The average Bonchev–Trinajstić information content (AvgIpc) is 2.75. The molecule has 0 spiro atoms. The Kier molecular flexibility index (Phi) is 4.04. The van der Waals surface area contributed by atoms with Gasteiger partial charge in [-0.05, 0) is 24.6 Å². The molecule has 1 aromatic rings. The van der Waals surface area contributed by atoms with Crippen LogP contribution in [-0.2, 0) is 11.3 Å². The fourth-order valence-corrected chi connectivity index (χ4v) is 2.14. The van der Waals surface area contributed by atoms with E-state index in [2.05, 4.69) is 0 Å². The van der Waals surface area contributed by atoms with Crippen molar-refractivity contribution in [3.05, 3.63) is 23.8 Å². The third-order valence-electron chi connectivity index (χ3n) is 2.89. The standard InChI is InChI=1S/C13H17NO4/c1-2-5-14(8-13(15)16)7-10-3-4-11-12(6-10)18-9-17-11/h3-4,6H,2,5,7-9H2,1H3,(H,15,16). The maximum atomic E-state index is 10.7. The van der Waals surface area contributed by atoms with Gasteiger partial charge in [0.25, 0.3) is 0 Å². The molecule has 0 aliphatic carbocycles. The molecular weight excluding hydrogens is 234 g/mol. The van der Waals surface area contributed by atoms with Gasteiger partial charge in [-0.3, -0.25) is 0 Å². The first-order valence-electron chi connectivity index (χ1n) is 6.11. The lowest BCUT2D eigenvalue weighted by Crippen LogP contribution is -3.12. The molecule has 0 amide bonds. The first kappa shape index (κ1) is 12.7. The van der Waals surface area contributed by atoms with Crippen LogP contribution >= 0.6 is 0 Å². The van der Waals surface area contributed by atoms with Gasteiger partial charge in [0.15, 0.2) is 11.5 Å². The maximum Gasteiger partial charge on any atom is 0.231 e. The molecule has 1 aliphatic rings. The van der Waals surface area contributed by atoms with Gasteiger partial charge in [0.05, 0.1) is 12.5 Å². The molecule has 18 heavy (non-hydrogen) atoms. The molecule has 0 fully saturated rings. The van der Waals surface area contributed by atoms with Gasteiger partial charge >= 0.3 is 0 Å². The van der Waals surface area contributed by atoms with Crippen molar-refractivity contribution in [3.8, 4) is 11.5 Å². The first-order chi connectivity index (χ1) is 8.69. The van der Waals surface area contributed by atoms with E-state index >= 15 is 0 Å². The van der Waals surface area contributed by atoms with Crippen molar-refractivity contribution < 1.29 is 24.3 Å². The second-order valence-corrected chi connectivity index (χ2v) is 4.41. The van der Waals surface area contributed by atoms with E-state index in [1.54, 1.807) is 0 Å². The van der Waals surface area contributed by atoms with Crippen LogP contribution in [0.15, 0.2) is 18.2 Å². The summed E-state index contributed by atoms with van der Waals surface area (Å²) in [6.07, 6.45) is 0.938. The predicted molar refractivity (Wildman–Crippen MR) is 62.3 cm³/mol. The van der Waals surface area contributed by atoms with Gasteiger partial charge in [-0.1, -0.05) is 6.92 Å². The number of rotatable bonds is 6. The predicted octanol–water partition coefficient (Wildman–Crippen LogP) is -1.04. The lowest BCUT2D eigenvalue weighted by molar-refractivity contribution is -0.908. The number of nitrogens with one attached hydrogen (secondary N) is 1. The van der Waals surface area contributed by atoms with E-state index in [-0.39, 0.29) is 13.3 Å². The monoisotopic (exact) mass is 251 g/mol. The van der Waals surface area contributed by atoms with Gasteiger partial charge in [0, 0.05) is 5.56 Å². The molecule has 0 bridgehead atoms. The molecule has 1 atom stereocenters. The molecular formula is C13H17NO4. The van der Waals surface area contributed by atoms with Gasteiger partial charge in [-0.25, -0.2) is 0 Å². The van der Waals surface area contributed by atoms with Crippen LogP contribution in [0.1, 0.15) is 18.9 Å². The van der Waals surface area contributed by atoms with E-state index in [1.807, 2.05) is 25.1 Å². The zero-order chi connectivity index (χ0) is 13.0. The van der Waals surface area contributed by atoms with Crippen molar-refractivity contribution in [3.63, 3.8) is 0 Å². The second kappa shape index (κ2) is 5.73. The summed E-state index contributed by atoms with van der Waals surface area (Å²) in [7, 11) is 0. The van der Waals surface area contributed by atoms with Crippen LogP contribution in [0.25, 0.3) is 0 Å². The Morgan fingerprint density at radius 2 is 2.17 bits per heavy atom. The Balaban J connectivity index is 2.04. The highest BCUT2D eigenvalue weighted by Gasteiger charge is 2.15. The molecule has 2 rings (SSSR count). The third kappa shape index (κ3) is 3.13. The molecule has 98 valence electrons. The summed E-state index contributed by atoms with van der Waals surface area (Å²) in [5, 5.41) is 10.7. The highest BCUT2D eigenvalue weighted by Crippen LogP contribution is 2.32. The number of carboxylic acids is 1. The Labute approximate surface area is 106 Å². The summed E-state index contributed by atoms with van der Waals surface area (Å²) >= 11 is 0. The van der Waals surface area contributed by atoms with Crippen LogP contribution in [0, 0.1) is 0 Å². The van der Waals surface area contributed by atoms with Crippen LogP contribution in [0.3, 0.4) is 0 Å². The van der Waals surface area contributed by atoms with E-state index in [0.717, 1.165) is 34.9 Å². The zero-order valence-corrected chi connectivity index (χ0v) is 10.4. The van der Waals surface area contributed by atoms with Crippen LogP contribution in [-0.4, -0.2) is 25.9 Å². The second-order valence-electron chi connectivity index (χ2n) is 4.41. The molecule has 0 saturated carbocycles. The number of hydrogen-bond donors (Lipinski definition) is 1. The highest BCUT2D eigenvalue weighted by atomic mass is 16.7.